The molecule has 8 nitrogen and oxygen atoms in total. The standard InChI is InChI=1S/C19H25N5O3/c1-14(2)10-17-19(26)23(12-15-11-21-22-24(15)17)13-18(25)20-8-9-27-16-6-4-3-5-7-16/h3-7,11,14,17H,8-10,12-13H2,1-2H3,(H,20,25)/t17-/m0/s1. The first kappa shape index (κ1) is 18.9. The Morgan fingerprint density at radius 2 is 2.11 bits per heavy atom. The summed E-state index contributed by atoms with van der Waals surface area (Å²) >= 11 is 0. The van der Waals surface area contributed by atoms with Crippen LogP contribution in [-0.2, 0) is 16.1 Å². The predicted octanol–water partition coefficient (Wildman–Crippen LogP) is 1.40. The van der Waals surface area contributed by atoms with Crippen LogP contribution in [0.2, 0.25) is 0 Å². The van der Waals surface area contributed by atoms with Gasteiger partial charge in [0.25, 0.3) is 0 Å². The van der Waals surface area contributed by atoms with Gasteiger partial charge in [-0.15, -0.1) is 5.10 Å². The van der Waals surface area contributed by atoms with E-state index in [-0.39, 0.29) is 18.4 Å². The molecule has 8 heteroatoms. The van der Waals surface area contributed by atoms with Crippen molar-refractivity contribution in [3.8, 4) is 5.75 Å². The Labute approximate surface area is 158 Å². The van der Waals surface area contributed by atoms with Crippen LogP contribution >= 0.6 is 0 Å². The molecule has 1 atom stereocenters. The van der Waals surface area contributed by atoms with Crippen molar-refractivity contribution in [3.05, 3.63) is 42.2 Å². The van der Waals surface area contributed by atoms with E-state index in [9.17, 15) is 9.59 Å². The summed E-state index contributed by atoms with van der Waals surface area (Å²) in [6.45, 7) is 5.23. The Balaban J connectivity index is 1.51. The fraction of sp³-hybridized carbons (Fsp3) is 0.474. The van der Waals surface area contributed by atoms with Crippen molar-refractivity contribution < 1.29 is 14.3 Å². The highest BCUT2D eigenvalue weighted by Crippen LogP contribution is 2.26. The van der Waals surface area contributed by atoms with Crippen LogP contribution < -0.4 is 10.1 Å². The van der Waals surface area contributed by atoms with Crippen molar-refractivity contribution in [3.63, 3.8) is 0 Å². The summed E-state index contributed by atoms with van der Waals surface area (Å²) < 4.78 is 7.23. The van der Waals surface area contributed by atoms with Crippen molar-refractivity contribution in [1.82, 2.24) is 25.2 Å². The minimum atomic E-state index is -0.398. The topological polar surface area (TPSA) is 89.3 Å². The van der Waals surface area contributed by atoms with Gasteiger partial charge in [0.05, 0.1) is 31.5 Å². The summed E-state index contributed by atoms with van der Waals surface area (Å²) in [6, 6.07) is 9.02. The van der Waals surface area contributed by atoms with Crippen molar-refractivity contribution in [2.24, 2.45) is 5.92 Å². The second-order valence-electron chi connectivity index (χ2n) is 7.02. The lowest BCUT2D eigenvalue weighted by Gasteiger charge is -2.33. The van der Waals surface area contributed by atoms with Crippen LogP contribution in [-0.4, -0.2) is 51.4 Å². The van der Waals surface area contributed by atoms with Crippen LogP contribution in [0.5, 0.6) is 5.75 Å². The third kappa shape index (κ3) is 4.84. The summed E-state index contributed by atoms with van der Waals surface area (Å²) in [6.07, 6.45) is 2.32. The van der Waals surface area contributed by atoms with E-state index in [1.807, 2.05) is 30.3 Å². The molecule has 0 aliphatic carbocycles. The lowest BCUT2D eigenvalue weighted by atomic mass is 10.0. The van der Waals surface area contributed by atoms with Crippen molar-refractivity contribution in [2.45, 2.75) is 32.9 Å². The largest absolute Gasteiger partial charge is 0.492 e. The zero-order valence-electron chi connectivity index (χ0n) is 15.7. The van der Waals surface area contributed by atoms with Gasteiger partial charge in [-0.1, -0.05) is 37.3 Å². The molecule has 0 bridgehead atoms. The SMILES string of the molecule is CC(C)C[C@H]1C(=O)N(CC(=O)NCCOc2ccccc2)Cc2cnnn21. The fourth-order valence-corrected chi connectivity index (χ4v) is 3.12. The number of ether oxygens (including phenoxy) is 1. The van der Waals surface area contributed by atoms with E-state index in [2.05, 4.69) is 29.5 Å². The molecule has 1 N–H and O–H groups in total. The number of para-hydroxylation sites is 1. The lowest BCUT2D eigenvalue weighted by Crippen LogP contribution is -2.48. The molecule has 27 heavy (non-hydrogen) atoms. The van der Waals surface area contributed by atoms with Gasteiger partial charge in [-0.05, 0) is 24.5 Å². The zero-order chi connectivity index (χ0) is 19.2. The Bertz CT molecular complexity index is 775. The smallest absolute Gasteiger partial charge is 0.248 e. The van der Waals surface area contributed by atoms with Crippen LogP contribution in [0.4, 0.5) is 0 Å². The van der Waals surface area contributed by atoms with Gasteiger partial charge >= 0.3 is 0 Å². The summed E-state index contributed by atoms with van der Waals surface area (Å²) in [5.74, 6) is 0.803. The number of amides is 2. The molecule has 0 unspecified atom stereocenters. The average Bonchev–Trinajstić information content (AvgIpc) is 3.11. The van der Waals surface area contributed by atoms with Crippen LogP contribution in [0, 0.1) is 5.92 Å². The third-order valence-electron chi connectivity index (χ3n) is 4.36. The monoisotopic (exact) mass is 371 g/mol. The van der Waals surface area contributed by atoms with Gasteiger partial charge in [-0.25, -0.2) is 4.68 Å². The number of hydrogen-bond donors (Lipinski definition) is 1. The second kappa shape index (κ2) is 8.66. The molecule has 0 saturated heterocycles. The van der Waals surface area contributed by atoms with Gasteiger partial charge in [-0.2, -0.15) is 0 Å². The number of rotatable bonds is 8. The molecule has 0 saturated carbocycles. The first-order valence-corrected chi connectivity index (χ1v) is 9.17. The molecule has 1 aliphatic rings. The number of aromatic nitrogens is 3. The van der Waals surface area contributed by atoms with Gasteiger partial charge in [0.15, 0.2) is 0 Å². The van der Waals surface area contributed by atoms with Gasteiger partial charge in [0.2, 0.25) is 11.8 Å². The quantitative estimate of drug-likeness (QED) is 0.709. The Morgan fingerprint density at radius 3 is 2.85 bits per heavy atom. The van der Waals surface area contributed by atoms with Crippen LogP contribution in [0.3, 0.4) is 0 Å². The minimum absolute atomic E-state index is 0.0178. The Kier molecular flexibility index (Phi) is 6.05. The maximum absolute atomic E-state index is 12.8. The van der Waals surface area contributed by atoms with Gasteiger partial charge in [0.1, 0.15) is 18.4 Å². The van der Waals surface area contributed by atoms with Crippen LogP contribution in [0.1, 0.15) is 32.0 Å². The van der Waals surface area contributed by atoms with E-state index < -0.39 is 6.04 Å². The molecule has 0 spiro atoms. The molecule has 0 fully saturated rings. The van der Waals surface area contributed by atoms with Crippen molar-refractivity contribution in [1.29, 1.82) is 0 Å². The number of benzene rings is 1. The van der Waals surface area contributed by atoms with Gasteiger partial charge in [0, 0.05) is 0 Å². The van der Waals surface area contributed by atoms with Crippen molar-refractivity contribution >= 4 is 11.8 Å². The third-order valence-corrected chi connectivity index (χ3v) is 4.36. The summed E-state index contributed by atoms with van der Waals surface area (Å²) in [5, 5.41) is 10.8. The second-order valence-corrected chi connectivity index (χ2v) is 7.02. The Hall–Kier alpha value is -2.90. The first-order valence-electron chi connectivity index (χ1n) is 9.17. The number of nitrogens with one attached hydrogen (secondary N) is 1. The van der Waals surface area contributed by atoms with E-state index in [0.29, 0.717) is 32.0 Å². The highest BCUT2D eigenvalue weighted by atomic mass is 16.5. The van der Waals surface area contributed by atoms with E-state index in [4.69, 9.17) is 4.74 Å². The molecule has 1 aromatic heterocycles. The highest BCUT2D eigenvalue weighted by Gasteiger charge is 2.35. The number of nitrogens with zero attached hydrogens (tertiary/aromatic N) is 4. The molecule has 0 radical (unpaired) electrons. The molecule has 3 rings (SSSR count). The molecule has 2 heterocycles. The molecular formula is C19H25N5O3. The number of hydrogen-bond acceptors (Lipinski definition) is 5. The Morgan fingerprint density at radius 1 is 1.33 bits per heavy atom. The van der Waals surface area contributed by atoms with Gasteiger partial charge < -0.3 is 15.0 Å². The molecule has 1 aliphatic heterocycles. The van der Waals surface area contributed by atoms with Gasteiger partial charge in [-0.3, -0.25) is 9.59 Å². The molecule has 1 aromatic carbocycles. The minimum Gasteiger partial charge on any atom is -0.492 e. The lowest BCUT2D eigenvalue weighted by molar-refractivity contribution is -0.142. The van der Waals surface area contributed by atoms with E-state index in [1.165, 1.54) is 0 Å². The van der Waals surface area contributed by atoms with E-state index in [0.717, 1.165) is 11.4 Å². The normalized spacial score (nSPS) is 16.3. The highest BCUT2D eigenvalue weighted by molar-refractivity contribution is 5.87. The number of carbonyl (C=O) groups is 2. The van der Waals surface area contributed by atoms with Crippen LogP contribution in [0.15, 0.2) is 36.5 Å². The maximum Gasteiger partial charge on any atom is 0.248 e. The summed E-state index contributed by atoms with van der Waals surface area (Å²) in [4.78, 5) is 26.6. The van der Waals surface area contributed by atoms with E-state index >= 15 is 0 Å². The van der Waals surface area contributed by atoms with Crippen molar-refractivity contribution in [2.75, 3.05) is 19.7 Å². The predicted molar refractivity (Wildman–Crippen MR) is 98.9 cm³/mol. The first-order chi connectivity index (χ1) is 13.0. The molecule has 2 aromatic rings. The summed E-state index contributed by atoms with van der Waals surface area (Å²) in [5.41, 5.74) is 0.848. The fourth-order valence-electron chi connectivity index (χ4n) is 3.12. The number of fused-ring (bicyclic) bond motifs is 1. The maximum atomic E-state index is 12.8. The average molecular weight is 371 g/mol. The summed E-state index contributed by atoms with van der Waals surface area (Å²) in [7, 11) is 0. The number of carbonyl (C=O) groups excluding carboxylic acids is 2. The zero-order valence-corrected chi connectivity index (χ0v) is 15.7. The molecular weight excluding hydrogens is 346 g/mol. The van der Waals surface area contributed by atoms with E-state index in [1.54, 1.807) is 15.8 Å². The van der Waals surface area contributed by atoms with Crippen LogP contribution in [0.25, 0.3) is 0 Å². The molecule has 144 valence electrons. The molecule has 2 amide bonds.